The van der Waals surface area contributed by atoms with Gasteiger partial charge in [-0.3, -0.25) is 0 Å². The van der Waals surface area contributed by atoms with E-state index in [0.717, 1.165) is 0 Å². The Morgan fingerprint density at radius 1 is 1.67 bits per heavy atom. The van der Waals surface area contributed by atoms with Crippen LogP contribution in [0.5, 0.6) is 0 Å². The Morgan fingerprint density at radius 2 is 2.22 bits per heavy atom. The van der Waals surface area contributed by atoms with Gasteiger partial charge in [-0.25, -0.2) is 8.78 Å². The minimum atomic E-state index is -2.38. The maximum absolute atomic E-state index is 11.4. The molecule has 0 unspecified atom stereocenters. The fourth-order valence-corrected chi connectivity index (χ4v) is 0.278. The van der Waals surface area contributed by atoms with Crippen molar-refractivity contribution in [2.75, 3.05) is 6.61 Å². The average molecular weight is 136 g/mol. The van der Waals surface area contributed by atoms with Gasteiger partial charge in [0.15, 0.2) is 0 Å². The van der Waals surface area contributed by atoms with E-state index in [4.69, 9.17) is 0 Å². The maximum Gasteiger partial charge on any atom is 0.272 e. The number of hydrogen-bond donors (Lipinski definition) is 0. The Kier molecular flexibility index (Phi) is 4.01. The van der Waals surface area contributed by atoms with Crippen LogP contribution in [0.15, 0.2) is 11.8 Å². The van der Waals surface area contributed by atoms with E-state index in [1.54, 1.807) is 19.9 Å². The smallest absolute Gasteiger partial charge is 0.272 e. The van der Waals surface area contributed by atoms with Crippen LogP contribution >= 0.6 is 0 Å². The molecule has 0 aromatic carbocycles. The van der Waals surface area contributed by atoms with Crippen LogP contribution in [0.1, 0.15) is 13.8 Å². The second kappa shape index (κ2) is 4.30. The summed E-state index contributed by atoms with van der Waals surface area (Å²) in [6.07, 6.45) is -0.734. The number of rotatable bonds is 3. The summed E-state index contributed by atoms with van der Waals surface area (Å²) >= 11 is 0. The summed E-state index contributed by atoms with van der Waals surface area (Å²) in [4.78, 5) is 0. The van der Waals surface area contributed by atoms with Crippen molar-refractivity contribution in [1.29, 1.82) is 0 Å². The summed E-state index contributed by atoms with van der Waals surface area (Å²) in [6, 6.07) is 0. The number of halogens is 2. The van der Waals surface area contributed by atoms with Crippen molar-refractivity contribution < 1.29 is 13.5 Å². The number of allylic oxidation sites excluding steroid dienone is 2. The Balaban J connectivity index is 3.28. The van der Waals surface area contributed by atoms with Gasteiger partial charge in [0.2, 0.25) is 0 Å². The van der Waals surface area contributed by atoms with Gasteiger partial charge in [0.25, 0.3) is 6.43 Å². The van der Waals surface area contributed by atoms with E-state index in [1.807, 2.05) is 0 Å². The molecule has 0 aromatic heterocycles. The SMILES string of the molecule is CC=C(C)OCC(F)F. The van der Waals surface area contributed by atoms with Gasteiger partial charge in [-0.15, -0.1) is 0 Å². The Bertz CT molecular complexity index is 99.2. The topological polar surface area (TPSA) is 9.23 Å². The van der Waals surface area contributed by atoms with E-state index in [-0.39, 0.29) is 0 Å². The van der Waals surface area contributed by atoms with Crippen LogP contribution in [0.25, 0.3) is 0 Å². The molecule has 0 aliphatic heterocycles. The van der Waals surface area contributed by atoms with Crippen molar-refractivity contribution >= 4 is 0 Å². The van der Waals surface area contributed by atoms with Gasteiger partial charge in [0.1, 0.15) is 6.61 Å². The summed E-state index contributed by atoms with van der Waals surface area (Å²) in [5.41, 5.74) is 0. The predicted molar refractivity (Wildman–Crippen MR) is 31.4 cm³/mol. The standard InChI is InChI=1S/C6H10F2O/c1-3-5(2)9-4-6(7)8/h3,6H,4H2,1-2H3. The highest BCUT2D eigenvalue weighted by atomic mass is 19.3. The minimum absolute atomic E-state index is 0.504. The zero-order valence-corrected chi connectivity index (χ0v) is 5.53. The molecule has 1 nitrogen and oxygen atoms in total. The van der Waals surface area contributed by atoms with Crippen LogP contribution < -0.4 is 0 Å². The zero-order valence-electron chi connectivity index (χ0n) is 5.53. The van der Waals surface area contributed by atoms with Gasteiger partial charge >= 0.3 is 0 Å². The fourth-order valence-electron chi connectivity index (χ4n) is 0.278. The molecule has 0 aromatic rings. The van der Waals surface area contributed by atoms with Crippen molar-refractivity contribution in [3.63, 3.8) is 0 Å². The third kappa shape index (κ3) is 5.27. The summed E-state index contributed by atoms with van der Waals surface area (Å²) in [5.74, 6) is 0.537. The molecule has 3 heteroatoms. The fraction of sp³-hybridized carbons (Fsp3) is 0.667. The minimum Gasteiger partial charge on any atom is -0.493 e. The van der Waals surface area contributed by atoms with E-state index < -0.39 is 13.0 Å². The first-order chi connectivity index (χ1) is 4.16. The van der Waals surface area contributed by atoms with Gasteiger partial charge in [0, 0.05) is 0 Å². The molecule has 0 atom stereocenters. The van der Waals surface area contributed by atoms with Crippen LogP contribution in [0.4, 0.5) is 8.78 Å². The Labute approximate surface area is 53.3 Å². The van der Waals surface area contributed by atoms with E-state index >= 15 is 0 Å². The molecule has 0 aliphatic carbocycles. The molecular formula is C6H10F2O. The second-order valence-corrected chi connectivity index (χ2v) is 1.60. The van der Waals surface area contributed by atoms with Crippen LogP contribution in [0, 0.1) is 0 Å². The van der Waals surface area contributed by atoms with Gasteiger partial charge in [-0.2, -0.15) is 0 Å². The monoisotopic (exact) mass is 136 g/mol. The molecule has 0 spiro atoms. The molecule has 0 saturated carbocycles. The second-order valence-electron chi connectivity index (χ2n) is 1.60. The Morgan fingerprint density at radius 3 is 2.56 bits per heavy atom. The average Bonchev–Trinajstić information content (AvgIpc) is 1.83. The number of alkyl halides is 2. The third-order valence-electron chi connectivity index (χ3n) is 0.844. The summed E-state index contributed by atoms with van der Waals surface area (Å²) in [7, 11) is 0. The first-order valence-corrected chi connectivity index (χ1v) is 2.70. The molecule has 0 aliphatic rings. The highest BCUT2D eigenvalue weighted by Gasteiger charge is 2.00. The van der Waals surface area contributed by atoms with E-state index in [0.29, 0.717) is 5.76 Å². The number of ether oxygens (including phenoxy) is 1. The highest BCUT2D eigenvalue weighted by molar-refractivity contribution is 4.83. The lowest BCUT2D eigenvalue weighted by Gasteiger charge is -2.02. The Hall–Kier alpha value is -0.600. The molecule has 0 heterocycles. The van der Waals surface area contributed by atoms with E-state index in [9.17, 15) is 8.78 Å². The molecular weight excluding hydrogens is 126 g/mol. The van der Waals surface area contributed by atoms with Crippen molar-refractivity contribution in [2.24, 2.45) is 0 Å². The lowest BCUT2D eigenvalue weighted by Crippen LogP contribution is -2.02. The van der Waals surface area contributed by atoms with Gasteiger partial charge in [0.05, 0.1) is 5.76 Å². The molecule has 0 fully saturated rings. The number of hydrogen-bond acceptors (Lipinski definition) is 1. The molecule has 0 radical (unpaired) electrons. The maximum atomic E-state index is 11.4. The van der Waals surface area contributed by atoms with Crippen LogP contribution in [0.2, 0.25) is 0 Å². The molecule has 9 heavy (non-hydrogen) atoms. The molecule has 0 bridgehead atoms. The summed E-state index contributed by atoms with van der Waals surface area (Å²) < 4.78 is 27.3. The van der Waals surface area contributed by atoms with Crippen molar-refractivity contribution in [2.45, 2.75) is 20.3 Å². The lowest BCUT2D eigenvalue weighted by atomic mass is 10.5. The van der Waals surface area contributed by atoms with E-state index in [2.05, 4.69) is 4.74 Å². The first kappa shape index (κ1) is 8.40. The van der Waals surface area contributed by atoms with Crippen LogP contribution in [0.3, 0.4) is 0 Å². The predicted octanol–water partition coefficient (Wildman–Crippen LogP) is 2.19. The van der Waals surface area contributed by atoms with Gasteiger partial charge in [-0.1, -0.05) is 6.08 Å². The van der Waals surface area contributed by atoms with Crippen molar-refractivity contribution in [1.82, 2.24) is 0 Å². The summed E-state index contributed by atoms with van der Waals surface area (Å²) in [5, 5.41) is 0. The normalized spacial score (nSPS) is 12.3. The summed E-state index contributed by atoms with van der Waals surface area (Å²) in [6.45, 7) is 2.87. The quantitative estimate of drug-likeness (QED) is 0.540. The largest absolute Gasteiger partial charge is 0.493 e. The third-order valence-corrected chi connectivity index (χ3v) is 0.844. The molecule has 54 valence electrons. The molecule has 0 rings (SSSR count). The molecule has 0 amide bonds. The van der Waals surface area contributed by atoms with E-state index in [1.165, 1.54) is 0 Å². The van der Waals surface area contributed by atoms with Crippen molar-refractivity contribution in [3.8, 4) is 0 Å². The van der Waals surface area contributed by atoms with Gasteiger partial charge in [-0.05, 0) is 13.8 Å². The van der Waals surface area contributed by atoms with Gasteiger partial charge < -0.3 is 4.74 Å². The zero-order chi connectivity index (χ0) is 7.28. The molecule has 0 N–H and O–H groups in total. The molecule has 0 saturated heterocycles. The lowest BCUT2D eigenvalue weighted by molar-refractivity contribution is 0.0492. The first-order valence-electron chi connectivity index (χ1n) is 2.70. The van der Waals surface area contributed by atoms with Crippen LogP contribution in [-0.2, 0) is 4.74 Å². The van der Waals surface area contributed by atoms with Crippen LogP contribution in [-0.4, -0.2) is 13.0 Å². The highest BCUT2D eigenvalue weighted by Crippen LogP contribution is 1.99. The van der Waals surface area contributed by atoms with Crippen molar-refractivity contribution in [3.05, 3.63) is 11.8 Å².